The van der Waals surface area contributed by atoms with Gasteiger partial charge in [0.1, 0.15) is 0 Å². The predicted molar refractivity (Wildman–Crippen MR) is 211 cm³/mol. The molecule has 0 unspecified atom stereocenters. The molecule has 0 amide bonds. The van der Waals surface area contributed by atoms with Crippen molar-refractivity contribution in [3.8, 4) is 44.8 Å². The highest BCUT2D eigenvalue weighted by Crippen LogP contribution is 2.41. The number of aromatic nitrogens is 2. The van der Waals surface area contributed by atoms with Crippen molar-refractivity contribution in [3.05, 3.63) is 194 Å². The predicted octanol–water partition coefficient (Wildman–Crippen LogP) is 12.9. The lowest BCUT2D eigenvalue weighted by Gasteiger charge is -2.16. The minimum atomic E-state index is 1.14. The van der Waals surface area contributed by atoms with Gasteiger partial charge in [-0.05, 0) is 70.3 Å². The fourth-order valence-electron chi connectivity index (χ4n) is 7.91. The van der Waals surface area contributed by atoms with Gasteiger partial charge in [-0.3, -0.25) is 0 Å². The molecule has 2 heteroatoms. The molecule has 2 heterocycles. The molecule has 0 saturated heterocycles. The summed E-state index contributed by atoms with van der Waals surface area (Å²) in [5, 5.41) is 5.02. The van der Waals surface area contributed by atoms with Gasteiger partial charge in [0.2, 0.25) is 0 Å². The highest BCUT2D eigenvalue weighted by molar-refractivity contribution is 6.12. The summed E-state index contributed by atoms with van der Waals surface area (Å²) in [5.74, 6) is 0. The Balaban J connectivity index is 1.22. The fraction of sp³-hybridized carbons (Fsp3) is 0. The highest BCUT2D eigenvalue weighted by atomic mass is 15.0. The first kappa shape index (κ1) is 28.4. The summed E-state index contributed by atoms with van der Waals surface area (Å²) < 4.78 is 4.87. The lowest BCUT2D eigenvalue weighted by atomic mass is 9.94. The highest BCUT2D eigenvalue weighted by Gasteiger charge is 2.18. The van der Waals surface area contributed by atoms with Crippen LogP contribution >= 0.6 is 0 Å². The minimum absolute atomic E-state index is 1.14. The average molecular weight is 637 g/mol. The molecule has 0 saturated carbocycles. The van der Waals surface area contributed by atoms with E-state index in [0.29, 0.717) is 0 Å². The average Bonchev–Trinajstić information content (AvgIpc) is 3.71. The van der Waals surface area contributed by atoms with E-state index in [-0.39, 0.29) is 0 Å². The fourth-order valence-corrected chi connectivity index (χ4v) is 7.91. The Morgan fingerprint density at radius 1 is 0.260 bits per heavy atom. The zero-order valence-corrected chi connectivity index (χ0v) is 27.4. The van der Waals surface area contributed by atoms with Crippen molar-refractivity contribution in [2.75, 3.05) is 0 Å². The summed E-state index contributed by atoms with van der Waals surface area (Å²) in [6.45, 7) is 0. The van der Waals surface area contributed by atoms with E-state index in [1.165, 1.54) is 82.7 Å². The number of rotatable bonds is 5. The van der Waals surface area contributed by atoms with Crippen molar-refractivity contribution in [1.29, 1.82) is 0 Å². The maximum atomic E-state index is 2.44. The van der Waals surface area contributed by atoms with Crippen LogP contribution in [0.2, 0.25) is 0 Å². The molecule has 10 aromatic rings. The molecule has 0 fully saturated rings. The maximum Gasteiger partial charge on any atom is 0.0547 e. The van der Waals surface area contributed by atoms with Crippen molar-refractivity contribution in [1.82, 2.24) is 9.13 Å². The molecule has 0 aliphatic heterocycles. The summed E-state index contributed by atoms with van der Waals surface area (Å²) in [6.07, 6.45) is 0. The molecule has 50 heavy (non-hydrogen) atoms. The van der Waals surface area contributed by atoms with Crippen molar-refractivity contribution >= 4 is 43.6 Å². The van der Waals surface area contributed by atoms with Gasteiger partial charge >= 0.3 is 0 Å². The lowest BCUT2D eigenvalue weighted by Crippen LogP contribution is -1.98. The standard InChI is InChI=1S/C48H32N2/c1-3-15-33(16-4-1)37-30-28-36(32-43(37)34-17-5-2-6-18-34)49-45-24-12-8-22-41(45)42-29-27-35(31-48(42)49)38-19-7-11-23-44(38)50-46-25-13-9-20-39(46)40-21-10-14-26-47(40)50/h1-32H. The van der Waals surface area contributed by atoms with Crippen LogP contribution in [0.25, 0.3) is 88.4 Å². The normalized spacial score (nSPS) is 11.6. The Morgan fingerprint density at radius 2 is 0.760 bits per heavy atom. The van der Waals surface area contributed by atoms with E-state index in [9.17, 15) is 0 Å². The Hall–Kier alpha value is -6.64. The summed E-state index contributed by atoms with van der Waals surface area (Å²) in [6, 6.07) is 70.4. The molecule has 8 aromatic carbocycles. The Kier molecular flexibility index (Phi) is 6.53. The topological polar surface area (TPSA) is 9.86 Å². The van der Waals surface area contributed by atoms with E-state index >= 15 is 0 Å². The molecule has 0 bridgehead atoms. The number of nitrogens with zero attached hydrogens (tertiary/aromatic N) is 2. The van der Waals surface area contributed by atoms with Gasteiger partial charge in [-0.2, -0.15) is 0 Å². The van der Waals surface area contributed by atoms with Crippen LogP contribution in [0.3, 0.4) is 0 Å². The monoisotopic (exact) mass is 636 g/mol. The van der Waals surface area contributed by atoms with Crippen molar-refractivity contribution in [2.24, 2.45) is 0 Å². The summed E-state index contributed by atoms with van der Waals surface area (Å²) >= 11 is 0. The smallest absolute Gasteiger partial charge is 0.0547 e. The molecule has 234 valence electrons. The molecule has 0 aliphatic rings. The zero-order chi connectivity index (χ0) is 33.0. The number of fused-ring (bicyclic) bond motifs is 6. The second-order valence-corrected chi connectivity index (χ2v) is 12.9. The lowest BCUT2D eigenvalue weighted by molar-refractivity contribution is 1.17. The van der Waals surface area contributed by atoms with Crippen molar-refractivity contribution in [3.63, 3.8) is 0 Å². The second-order valence-electron chi connectivity index (χ2n) is 12.9. The number of para-hydroxylation sites is 4. The molecule has 2 nitrogen and oxygen atoms in total. The Bertz CT molecular complexity index is 2800. The summed E-state index contributed by atoms with van der Waals surface area (Å²) in [5.41, 5.74) is 14.4. The van der Waals surface area contributed by atoms with Crippen LogP contribution in [-0.2, 0) is 0 Å². The van der Waals surface area contributed by atoms with Gasteiger partial charge in [-0.15, -0.1) is 0 Å². The molecule has 0 radical (unpaired) electrons. The SMILES string of the molecule is c1ccc(-c2ccc(-n3c4ccccc4c4ccc(-c5ccccc5-n5c6ccccc6c6ccccc65)cc43)cc2-c2ccccc2)cc1. The van der Waals surface area contributed by atoms with Crippen LogP contribution in [0, 0.1) is 0 Å². The quantitative estimate of drug-likeness (QED) is 0.178. The zero-order valence-electron chi connectivity index (χ0n) is 27.4. The van der Waals surface area contributed by atoms with E-state index in [2.05, 4.69) is 203 Å². The molecule has 0 spiro atoms. The van der Waals surface area contributed by atoms with Gasteiger partial charge in [0, 0.05) is 32.8 Å². The van der Waals surface area contributed by atoms with E-state index in [1.54, 1.807) is 0 Å². The number of benzene rings is 8. The minimum Gasteiger partial charge on any atom is -0.309 e. The Morgan fingerprint density at radius 3 is 1.40 bits per heavy atom. The summed E-state index contributed by atoms with van der Waals surface area (Å²) in [4.78, 5) is 0. The van der Waals surface area contributed by atoms with Gasteiger partial charge in [-0.1, -0.05) is 152 Å². The van der Waals surface area contributed by atoms with Crippen LogP contribution in [-0.4, -0.2) is 9.13 Å². The van der Waals surface area contributed by atoms with Crippen LogP contribution < -0.4 is 0 Å². The molecular weight excluding hydrogens is 605 g/mol. The molecule has 0 atom stereocenters. The third-order valence-electron chi connectivity index (χ3n) is 10.1. The van der Waals surface area contributed by atoms with Crippen molar-refractivity contribution < 1.29 is 0 Å². The molecule has 2 aromatic heterocycles. The van der Waals surface area contributed by atoms with Crippen LogP contribution in [0.15, 0.2) is 194 Å². The van der Waals surface area contributed by atoms with Crippen LogP contribution in [0.1, 0.15) is 0 Å². The number of hydrogen-bond acceptors (Lipinski definition) is 0. The molecule has 10 rings (SSSR count). The van der Waals surface area contributed by atoms with Gasteiger partial charge in [0.15, 0.2) is 0 Å². The third kappa shape index (κ3) is 4.43. The van der Waals surface area contributed by atoms with Gasteiger partial charge in [-0.25, -0.2) is 0 Å². The van der Waals surface area contributed by atoms with Crippen molar-refractivity contribution in [2.45, 2.75) is 0 Å². The molecular formula is C48H32N2. The maximum absolute atomic E-state index is 2.44. The first-order valence-corrected chi connectivity index (χ1v) is 17.2. The van der Waals surface area contributed by atoms with Gasteiger partial charge < -0.3 is 9.13 Å². The van der Waals surface area contributed by atoms with Crippen LogP contribution in [0.5, 0.6) is 0 Å². The van der Waals surface area contributed by atoms with E-state index in [1.807, 2.05) is 0 Å². The molecule has 0 N–H and O–H groups in total. The second kappa shape index (κ2) is 11.5. The van der Waals surface area contributed by atoms with Gasteiger partial charge in [0.25, 0.3) is 0 Å². The first-order valence-electron chi connectivity index (χ1n) is 17.2. The summed E-state index contributed by atoms with van der Waals surface area (Å²) in [7, 11) is 0. The third-order valence-corrected chi connectivity index (χ3v) is 10.1. The molecule has 0 aliphatic carbocycles. The Labute approximate surface area is 290 Å². The van der Waals surface area contributed by atoms with E-state index in [0.717, 1.165) is 5.69 Å². The van der Waals surface area contributed by atoms with Gasteiger partial charge in [0.05, 0.1) is 27.8 Å². The van der Waals surface area contributed by atoms with E-state index < -0.39 is 0 Å². The number of hydrogen-bond donors (Lipinski definition) is 0. The van der Waals surface area contributed by atoms with E-state index in [4.69, 9.17) is 0 Å². The van der Waals surface area contributed by atoms with Crippen LogP contribution in [0.4, 0.5) is 0 Å². The first-order chi connectivity index (χ1) is 24.8. The largest absolute Gasteiger partial charge is 0.309 e.